The van der Waals surface area contributed by atoms with Gasteiger partial charge in [-0.2, -0.15) is 10.2 Å². The lowest BCUT2D eigenvalue weighted by atomic mass is 10.1. The highest BCUT2D eigenvalue weighted by Crippen LogP contribution is 2.16. The molecule has 3 rings (SSSR count). The number of hydrogen-bond acceptors (Lipinski definition) is 3. The average Bonchev–Trinajstić information content (AvgIpc) is 3.23. The van der Waals surface area contributed by atoms with Gasteiger partial charge in [0, 0.05) is 19.4 Å². The van der Waals surface area contributed by atoms with E-state index in [0.29, 0.717) is 12.1 Å². The number of aromatic nitrogens is 4. The molecule has 0 radical (unpaired) electrons. The largest absolute Gasteiger partial charge is 0.344 e. The van der Waals surface area contributed by atoms with Crippen LogP contribution in [0, 0.1) is 0 Å². The molecule has 0 aliphatic rings. The molecular formula is C18H21N5O. The Morgan fingerprint density at radius 2 is 2.00 bits per heavy atom. The van der Waals surface area contributed by atoms with E-state index in [0.717, 1.165) is 17.7 Å². The monoisotopic (exact) mass is 323 g/mol. The third kappa shape index (κ3) is 3.53. The maximum absolute atomic E-state index is 12.5. The maximum atomic E-state index is 12.5. The first-order valence-electron chi connectivity index (χ1n) is 8.02. The number of nitrogens with one attached hydrogen (secondary N) is 1. The molecule has 2 aromatic heterocycles. The fourth-order valence-electron chi connectivity index (χ4n) is 2.69. The zero-order valence-electron chi connectivity index (χ0n) is 13.9. The second kappa shape index (κ2) is 7.12. The van der Waals surface area contributed by atoms with Crippen molar-refractivity contribution in [2.75, 3.05) is 0 Å². The van der Waals surface area contributed by atoms with E-state index in [9.17, 15) is 4.79 Å². The minimum Gasteiger partial charge on any atom is -0.344 e. The van der Waals surface area contributed by atoms with Gasteiger partial charge in [-0.25, -0.2) is 0 Å². The molecule has 124 valence electrons. The van der Waals surface area contributed by atoms with Crippen LogP contribution in [-0.4, -0.2) is 25.5 Å². The number of rotatable bonds is 6. The molecule has 1 unspecified atom stereocenters. The number of carbonyl (C=O) groups is 1. The first-order valence-corrected chi connectivity index (χ1v) is 8.02. The highest BCUT2D eigenvalue weighted by molar-refractivity contribution is 5.93. The van der Waals surface area contributed by atoms with E-state index < -0.39 is 0 Å². The summed E-state index contributed by atoms with van der Waals surface area (Å²) in [5.41, 5.74) is 2.70. The lowest BCUT2D eigenvalue weighted by molar-refractivity contribution is 0.0934. The molecule has 3 aromatic rings. The minimum atomic E-state index is -0.123. The molecule has 0 aliphatic heterocycles. The summed E-state index contributed by atoms with van der Waals surface area (Å²) in [4.78, 5) is 12.5. The molecule has 6 nitrogen and oxygen atoms in total. The Morgan fingerprint density at radius 3 is 2.67 bits per heavy atom. The number of amides is 1. The van der Waals surface area contributed by atoms with Crippen LogP contribution in [0.2, 0.25) is 0 Å². The first-order chi connectivity index (χ1) is 11.7. The van der Waals surface area contributed by atoms with Gasteiger partial charge in [0.2, 0.25) is 0 Å². The summed E-state index contributed by atoms with van der Waals surface area (Å²) in [5.74, 6) is -0.123. The molecule has 6 heteroatoms. The van der Waals surface area contributed by atoms with Crippen LogP contribution in [0.25, 0.3) is 0 Å². The van der Waals surface area contributed by atoms with Crippen molar-refractivity contribution in [1.82, 2.24) is 24.9 Å². The van der Waals surface area contributed by atoms with Gasteiger partial charge in [-0.1, -0.05) is 37.3 Å². The zero-order valence-corrected chi connectivity index (χ0v) is 13.9. The Hall–Kier alpha value is -2.89. The van der Waals surface area contributed by atoms with Gasteiger partial charge in [-0.05, 0) is 18.1 Å². The van der Waals surface area contributed by atoms with Gasteiger partial charge < -0.3 is 5.32 Å². The number of aryl methyl sites for hydroxylation is 1. The quantitative estimate of drug-likeness (QED) is 0.758. The van der Waals surface area contributed by atoms with Gasteiger partial charge >= 0.3 is 0 Å². The topological polar surface area (TPSA) is 64.7 Å². The predicted molar refractivity (Wildman–Crippen MR) is 91.5 cm³/mol. The van der Waals surface area contributed by atoms with Crippen molar-refractivity contribution in [1.29, 1.82) is 0 Å². The van der Waals surface area contributed by atoms with Gasteiger partial charge in [0.25, 0.3) is 5.91 Å². The molecule has 0 fully saturated rings. The van der Waals surface area contributed by atoms with Crippen LogP contribution < -0.4 is 5.32 Å². The van der Waals surface area contributed by atoms with Gasteiger partial charge in [0.15, 0.2) is 0 Å². The van der Waals surface area contributed by atoms with Gasteiger partial charge in [0.1, 0.15) is 0 Å². The molecule has 1 amide bonds. The standard InChI is InChI=1S/C18H21N5O/c1-3-16(17-9-10-19-22(17)2)21-18(24)15-11-20-23(13-15)12-14-7-5-4-6-8-14/h4-11,13,16H,3,12H2,1-2H3,(H,21,24). The fourth-order valence-corrected chi connectivity index (χ4v) is 2.69. The lowest BCUT2D eigenvalue weighted by Gasteiger charge is -2.16. The molecule has 2 heterocycles. The molecular weight excluding hydrogens is 302 g/mol. The first kappa shape index (κ1) is 16.0. The number of hydrogen-bond donors (Lipinski definition) is 1. The molecule has 1 atom stereocenters. The van der Waals surface area contributed by atoms with E-state index in [1.54, 1.807) is 28.0 Å². The van der Waals surface area contributed by atoms with Gasteiger partial charge in [-0.3, -0.25) is 14.2 Å². The van der Waals surface area contributed by atoms with E-state index >= 15 is 0 Å². The molecule has 1 aromatic carbocycles. The van der Waals surface area contributed by atoms with Crippen molar-refractivity contribution < 1.29 is 4.79 Å². The fraction of sp³-hybridized carbons (Fsp3) is 0.278. The van der Waals surface area contributed by atoms with Crippen LogP contribution in [0.15, 0.2) is 55.0 Å². The summed E-state index contributed by atoms with van der Waals surface area (Å²) >= 11 is 0. The summed E-state index contributed by atoms with van der Waals surface area (Å²) in [7, 11) is 1.88. The van der Waals surface area contributed by atoms with Crippen molar-refractivity contribution in [2.45, 2.75) is 25.9 Å². The Bertz CT molecular complexity index is 806. The van der Waals surface area contributed by atoms with Crippen LogP contribution in [0.5, 0.6) is 0 Å². The van der Waals surface area contributed by atoms with E-state index in [1.807, 2.05) is 50.4 Å². The lowest BCUT2D eigenvalue weighted by Crippen LogP contribution is -2.29. The van der Waals surface area contributed by atoms with Crippen molar-refractivity contribution >= 4 is 5.91 Å². The van der Waals surface area contributed by atoms with E-state index in [2.05, 4.69) is 15.5 Å². The van der Waals surface area contributed by atoms with Crippen molar-refractivity contribution in [2.24, 2.45) is 7.05 Å². The SMILES string of the molecule is CCC(NC(=O)c1cnn(Cc2ccccc2)c1)c1ccnn1C. The second-order valence-electron chi connectivity index (χ2n) is 5.73. The number of nitrogens with zero attached hydrogens (tertiary/aromatic N) is 4. The van der Waals surface area contributed by atoms with E-state index in [-0.39, 0.29) is 11.9 Å². The molecule has 0 saturated heterocycles. The molecule has 0 aliphatic carbocycles. The van der Waals surface area contributed by atoms with Gasteiger partial charge in [0.05, 0.1) is 30.0 Å². The summed E-state index contributed by atoms with van der Waals surface area (Å²) < 4.78 is 3.56. The minimum absolute atomic E-state index is 0.0672. The summed E-state index contributed by atoms with van der Waals surface area (Å²) in [5, 5.41) is 11.5. The smallest absolute Gasteiger partial charge is 0.255 e. The Kier molecular flexibility index (Phi) is 4.74. The molecule has 1 N–H and O–H groups in total. The average molecular weight is 323 g/mol. The highest BCUT2D eigenvalue weighted by atomic mass is 16.1. The Balaban J connectivity index is 1.68. The third-order valence-corrected chi connectivity index (χ3v) is 4.01. The summed E-state index contributed by atoms with van der Waals surface area (Å²) in [6.45, 7) is 2.68. The number of carbonyl (C=O) groups excluding carboxylic acids is 1. The van der Waals surface area contributed by atoms with Crippen molar-refractivity contribution in [3.05, 3.63) is 71.8 Å². The van der Waals surface area contributed by atoms with Crippen LogP contribution in [0.1, 0.15) is 41.0 Å². The van der Waals surface area contributed by atoms with Crippen LogP contribution in [-0.2, 0) is 13.6 Å². The molecule has 0 bridgehead atoms. The van der Waals surface area contributed by atoms with Crippen molar-refractivity contribution in [3.63, 3.8) is 0 Å². The maximum Gasteiger partial charge on any atom is 0.255 e. The van der Waals surface area contributed by atoms with E-state index in [4.69, 9.17) is 0 Å². The Labute approximate surface area is 141 Å². The van der Waals surface area contributed by atoms with Crippen molar-refractivity contribution in [3.8, 4) is 0 Å². The number of benzene rings is 1. The van der Waals surface area contributed by atoms with Crippen LogP contribution >= 0.6 is 0 Å². The zero-order chi connectivity index (χ0) is 16.9. The van der Waals surface area contributed by atoms with Gasteiger partial charge in [-0.15, -0.1) is 0 Å². The second-order valence-corrected chi connectivity index (χ2v) is 5.73. The van der Waals surface area contributed by atoms with E-state index in [1.165, 1.54) is 0 Å². The molecule has 0 saturated carbocycles. The summed E-state index contributed by atoms with van der Waals surface area (Å²) in [6.07, 6.45) is 5.91. The summed E-state index contributed by atoms with van der Waals surface area (Å²) in [6, 6.07) is 11.9. The van der Waals surface area contributed by atoms with Crippen LogP contribution in [0.4, 0.5) is 0 Å². The van der Waals surface area contributed by atoms with Crippen LogP contribution in [0.3, 0.4) is 0 Å². The highest BCUT2D eigenvalue weighted by Gasteiger charge is 2.17. The molecule has 24 heavy (non-hydrogen) atoms. The molecule has 0 spiro atoms. The Morgan fingerprint density at radius 1 is 1.21 bits per heavy atom. The third-order valence-electron chi connectivity index (χ3n) is 4.01. The predicted octanol–water partition coefficient (Wildman–Crippen LogP) is 2.55. The normalized spacial score (nSPS) is 12.1.